The van der Waals surface area contributed by atoms with Crippen molar-refractivity contribution < 1.29 is 27.3 Å². The first-order chi connectivity index (χ1) is 11.7. The molecule has 0 amide bonds. The lowest BCUT2D eigenvalue weighted by Gasteiger charge is -2.22. The van der Waals surface area contributed by atoms with Gasteiger partial charge in [-0.15, -0.1) is 0 Å². The smallest absolute Gasteiger partial charge is 0.416 e. The molecule has 3 nitrogen and oxygen atoms in total. The Balaban J connectivity index is 2.23. The second kappa shape index (κ2) is 8.23. The molecule has 9 heteroatoms. The van der Waals surface area contributed by atoms with Gasteiger partial charge >= 0.3 is 12.1 Å². The van der Waals surface area contributed by atoms with E-state index in [9.17, 15) is 22.5 Å². The molecule has 25 heavy (non-hydrogen) atoms. The average Bonchev–Trinajstić information content (AvgIpc) is 3.00. The number of esters is 1. The Labute approximate surface area is 152 Å². The highest BCUT2D eigenvalue weighted by Crippen LogP contribution is 2.79. The largest absolute Gasteiger partial charge is 0.466 e. The predicted molar refractivity (Wildman–Crippen MR) is 96.9 cm³/mol. The molecule has 1 aliphatic rings. The Bertz CT molecular complexity index is 679. The standard InChI is InChI=1S/C16H18F3O3PS2/c1-3-22-15(20)14(11(2)23(21)24-8-9-25-23)10-12-4-6-13(7-5-12)16(17,18)19/h4-7,14H,2-3,8-10H2,1H3. The number of halogens is 3. The minimum Gasteiger partial charge on any atom is -0.466 e. The Hall–Kier alpha value is -0.850. The van der Waals surface area contributed by atoms with Crippen molar-refractivity contribution in [3.8, 4) is 0 Å². The van der Waals surface area contributed by atoms with E-state index in [2.05, 4.69) is 6.58 Å². The van der Waals surface area contributed by atoms with Crippen molar-refractivity contribution in [2.45, 2.75) is 19.5 Å². The molecule has 0 radical (unpaired) electrons. The van der Waals surface area contributed by atoms with Gasteiger partial charge in [0.15, 0.2) is 0 Å². The number of hydrogen-bond acceptors (Lipinski definition) is 5. The molecule has 1 aliphatic heterocycles. The van der Waals surface area contributed by atoms with Gasteiger partial charge in [-0.25, -0.2) is 0 Å². The van der Waals surface area contributed by atoms with Crippen molar-refractivity contribution in [2.75, 3.05) is 18.1 Å². The fraction of sp³-hybridized carbons (Fsp3) is 0.438. The maximum atomic E-state index is 12.9. The maximum Gasteiger partial charge on any atom is 0.416 e. The summed E-state index contributed by atoms with van der Waals surface area (Å²) in [7, 11) is 0. The number of alkyl halides is 3. The molecule has 0 aliphatic carbocycles. The van der Waals surface area contributed by atoms with E-state index in [1.165, 1.54) is 34.9 Å². The third-order valence-electron chi connectivity index (χ3n) is 3.65. The van der Waals surface area contributed by atoms with Crippen LogP contribution in [0.15, 0.2) is 36.2 Å². The first-order valence-corrected chi connectivity index (χ1v) is 12.5. The van der Waals surface area contributed by atoms with Gasteiger partial charge in [-0.2, -0.15) is 13.2 Å². The summed E-state index contributed by atoms with van der Waals surface area (Å²) < 4.78 is 56.0. The van der Waals surface area contributed by atoms with Gasteiger partial charge in [-0.3, -0.25) is 9.36 Å². The van der Waals surface area contributed by atoms with Crippen LogP contribution in [0.4, 0.5) is 13.2 Å². The van der Waals surface area contributed by atoms with Crippen LogP contribution in [0.1, 0.15) is 18.1 Å². The molecule has 1 saturated heterocycles. The van der Waals surface area contributed by atoms with Crippen molar-refractivity contribution in [2.24, 2.45) is 5.92 Å². The van der Waals surface area contributed by atoms with Crippen LogP contribution in [-0.4, -0.2) is 24.1 Å². The number of carbonyl (C=O) groups excluding carboxylic acids is 1. The van der Waals surface area contributed by atoms with Gasteiger partial charge < -0.3 is 4.74 Å². The van der Waals surface area contributed by atoms with E-state index >= 15 is 0 Å². The van der Waals surface area contributed by atoms with Crippen LogP contribution in [-0.2, 0) is 26.7 Å². The monoisotopic (exact) mass is 410 g/mol. The molecular formula is C16H18F3O3PS2. The lowest BCUT2D eigenvalue weighted by Crippen LogP contribution is -2.21. The maximum absolute atomic E-state index is 12.9. The zero-order chi connectivity index (χ0) is 18.7. The minimum atomic E-state index is -4.41. The third kappa shape index (κ3) is 5.08. The van der Waals surface area contributed by atoms with E-state index in [0.29, 0.717) is 10.9 Å². The molecule has 1 unspecified atom stereocenters. The van der Waals surface area contributed by atoms with Crippen LogP contribution in [0.3, 0.4) is 0 Å². The summed E-state index contributed by atoms with van der Waals surface area (Å²) in [5.41, 5.74) is -3.03. The zero-order valence-electron chi connectivity index (χ0n) is 13.5. The Morgan fingerprint density at radius 1 is 1.28 bits per heavy atom. The first kappa shape index (κ1) is 20.5. The average molecular weight is 410 g/mol. The van der Waals surface area contributed by atoms with Crippen LogP contribution in [0.5, 0.6) is 0 Å². The molecule has 0 aromatic heterocycles. The van der Waals surface area contributed by atoms with Crippen molar-refractivity contribution in [3.63, 3.8) is 0 Å². The van der Waals surface area contributed by atoms with E-state index in [0.717, 1.165) is 23.6 Å². The second-order valence-corrected chi connectivity index (χ2v) is 13.6. The summed E-state index contributed by atoms with van der Waals surface area (Å²) in [6.45, 7) is 5.71. The van der Waals surface area contributed by atoms with E-state index in [1.54, 1.807) is 6.92 Å². The van der Waals surface area contributed by atoms with Gasteiger partial charge in [-0.05, 0) is 31.0 Å². The Morgan fingerprint density at radius 3 is 2.32 bits per heavy atom. The first-order valence-electron chi connectivity index (χ1n) is 7.58. The number of rotatable bonds is 6. The van der Waals surface area contributed by atoms with Gasteiger partial charge in [0.25, 0.3) is 0 Å². The van der Waals surface area contributed by atoms with Crippen LogP contribution < -0.4 is 0 Å². The van der Waals surface area contributed by atoms with Gasteiger partial charge in [-0.1, -0.05) is 41.5 Å². The fourth-order valence-corrected chi connectivity index (χ4v) is 11.2. The van der Waals surface area contributed by atoms with Crippen LogP contribution >= 0.6 is 28.3 Å². The van der Waals surface area contributed by atoms with Crippen LogP contribution in [0.25, 0.3) is 0 Å². The van der Waals surface area contributed by atoms with Gasteiger partial charge in [0, 0.05) is 16.8 Å². The minimum absolute atomic E-state index is 0.112. The number of carbonyl (C=O) groups is 1. The number of hydrogen-bond donors (Lipinski definition) is 0. The van der Waals surface area contributed by atoms with Crippen molar-refractivity contribution in [3.05, 3.63) is 47.3 Å². The van der Waals surface area contributed by atoms with Crippen molar-refractivity contribution in [1.29, 1.82) is 0 Å². The predicted octanol–water partition coefficient (Wildman–Crippen LogP) is 5.61. The highest BCUT2D eigenvalue weighted by atomic mass is 33.1. The van der Waals surface area contributed by atoms with Crippen molar-refractivity contribution >= 4 is 34.3 Å². The molecule has 1 heterocycles. The van der Waals surface area contributed by atoms with E-state index in [4.69, 9.17) is 4.74 Å². The summed E-state index contributed by atoms with van der Waals surface area (Å²) in [6.07, 6.45) is -4.30. The SMILES string of the molecule is C=C(C(Cc1ccc(C(F)(F)F)cc1)C(=O)OCC)P1(=O)SCCS1. The molecule has 1 atom stereocenters. The lowest BCUT2D eigenvalue weighted by atomic mass is 9.98. The molecule has 138 valence electrons. The molecule has 1 aromatic rings. The quantitative estimate of drug-likeness (QED) is 0.450. The molecule has 2 rings (SSSR count). The lowest BCUT2D eigenvalue weighted by molar-refractivity contribution is -0.146. The number of ether oxygens (including phenoxy) is 1. The molecule has 0 saturated carbocycles. The molecule has 1 aromatic carbocycles. The topological polar surface area (TPSA) is 43.4 Å². The molecule has 0 spiro atoms. The third-order valence-corrected chi connectivity index (χ3v) is 12.8. The summed E-state index contributed by atoms with van der Waals surface area (Å²) in [5.74, 6) is 0.0597. The van der Waals surface area contributed by atoms with E-state index in [1.807, 2.05) is 0 Å². The Morgan fingerprint density at radius 2 is 1.84 bits per heavy atom. The summed E-state index contributed by atoms with van der Waals surface area (Å²) in [4.78, 5) is 12.3. The molecule has 0 bridgehead atoms. The molecule has 1 fully saturated rings. The highest BCUT2D eigenvalue weighted by molar-refractivity contribution is 8.93. The van der Waals surface area contributed by atoms with E-state index in [-0.39, 0.29) is 13.0 Å². The summed E-state index contributed by atoms with van der Waals surface area (Å²) >= 11 is 2.59. The van der Waals surface area contributed by atoms with Gasteiger partial charge in [0.05, 0.1) is 18.1 Å². The van der Waals surface area contributed by atoms with Crippen LogP contribution in [0, 0.1) is 5.92 Å². The summed E-state index contributed by atoms with van der Waals surface area (Å²) in [5, 5.41) is 0.318. The summed E-state index contributed by atoms with van der Waals surface area (Å²) in [6, 6.07) is 4.60. The number of benzene rings is 1. The molecule has 0 N–H and O–H groups in total. The second-order valence-electron chi connectivity index (χ2n) is 5.36. The van der Waals surface area contributed by atoms with E-state index < -0.39 is 29.2 Å². The zero-order valence-corrected chi connectivity index (χ0v) is 16.1. The molecular weight excluding hydrogens is 392 g/mol. The highest BCUT2D eigenvalue weighted by Gasteiger charge is 2.39. The van der Waals surface area contributed by atoms with Crippen LogP contribution in [0.2, 0.25) is 0 Å². The van der Waals surface area contributed by atoms with Gasteiger partial charge in [0.1, 0.15) is 0 Å². The normalized spacial score (nSPS) is 17.9. The van der Waals surface area contributed by atoms with Gasteiger partial charge in [0.2, 0.25) is 5.55 Å². The Kier molecular flexibility index (Phi) is 6.74. The fourth-order valence-electron chi connectivity index (χ4n) is 2.35. The van der Waals surface area contributed by atoms with Crippen molar-refractivity contribution in [1.82, 2.24) is 0 Å².